The van der Waals surface area contributed by atoms with Gasteiger partial charge in [-0.3, -0.25) is 4.79 Å². The zero-order chi connectivity index (χ0) is 15.6. The maximum atomic E-state index is 12.5. The first kappa shape index (κ1) is 16.3. The predicted molar refractivity (Wildman–Crippen MR) is 88.3 cm³/mol. The van der Waals surface area contributed by atoms with Crippen molar-refractivity contribution in [2.75, 3.05) is 0 Å². The molecule has 6 heteroatoms. The smallest absolute Gasteiger partial charge is 0.185 e. The number of Topliss-reactive ketones (excluding diaryl/α,β-unsaturated/α-hetero) is 1. The molecule has 106 valence electrons. The quantitative estimate of drug-likeness (QED) is 0.599. The van der Waals surface area contributed by atoms with Crippen molar-refractivity contribution in [3.63, 3.8) is 0 Å². The van der Waals surface area contributed by atoms with E-state index < -0.39 is 5.92 Å². The van der Waals surface area contributed by atoms with E-state index in [-0.39, 0.29) is 16.4 Å². The molecule has 0 bridgehead atoms. The summed E-state index contributed by atoms with van der Waals surface area (Å²) >= 11 is 21.1. The number of hydrogen-bond acceptors (Lipinski definition) is 2. The van der Waals surface area contributed by atoms with Gasteiger partial charge in [-0.15, -0.1) is 0 Å². The minimum absolute atomic E-state index is 0.287. The normalized spacial score (nSPS) is 11.8. The van der Waals surface area contributed by atoms with Crippen LogP contribution in [0.5, 0.6) is 0 Å². The van der Waals surface area contributed by atoms with Crippen LogP contribution < -0.4 is 0 Å². The van der Waals surface area contributed by atoms with E-state index in [1.807, 2.05) is 6.07 Å². The number of benzene rings is 2. The molecule has 21 heavy (non-hydrogen) atoms. The number of carbonyl (C=O) groups excluding carboxylic acids is 1. The third-order valence-corrected chi connectivity index (χ3v) is 4.41. The number of ketones is 1. The number of nitrogens with zero attached hydrogens (tertiary/aromatic N) is 1. The van der Waals surface area contributed by atoms with Crippen LogP contribution in [0.15, 0.2) is 40.9 Å². The molecule has 1 atom stereocenters. The molecule has 0 amide bonds. The molecule has 2 rings (SSSR count). The third kappa shape index (κ3) is 3.59. The monoisotopic (exact) mass is 401 g/mol. The Morgan fingerprint density at radius 1 is 1.05 bits per heavy atom. The molecule has 0 N–H and O–H groups in total. The van der Waals surface area contributed by atoms with Crippen LogP contribution in [-0.4, -0.2) is 5.78 Å². The number of carbonyl (C=O) groups is 1. The van der Waals surface area contributed by atoms with Crippen molar-refractivity contribution >= 4 is 56.5 Å². The van der Waals surface area contributed by atoms with Gasteiger partial charge in [0.2, 0.25) is 0 Å². The maximum absolute atomic E-state index is 12.5. The molecule has 0 saturated heterocycles. The highest BCUT2D eigenvalue weighted by atomic mass is 79.9. The Kier molecular flexibility index (Phi) is 5.29. The summed E-state index contributed by atoms with van der Waals surface area (Å²) < 4.78 is 0.757. The lowest BCUT2D eigenvalue weighted by atomic mass is 9.92. The lowest BCUT2D eigenvalue weighted by molar-refractivity contribution is 0.0979. The Labute approximate surface area is 145 Å². The van der Waals surface area contributed by atoms with Gasteiger partial charge in [0.15, 0.2) is 5.78 Å². The second-order valence-electron chi connectivity index (χ2n) is 4.22. The average Bonchev–Trinajstić information content (AvgIpc) is 2.43. The van der Waals surface area contributed by atoms with E-state index in [1.165, 1.54) is 6.07 Å². The van der Waals surface area contributed by atoms with Gasteiger partial charge in [-0.25, -0.2) is 0 Å². The van der Waals surface area contributed by atoms with Gasteiger partial charge < -0.3 is 0 Å². The van der Waals surface area contributed by atoms with E-state index in [9.17, 15) is 10.1 Å². The van der Waals surface area contributed by atoms with Gasteiger partial charge in [-0.05, 0) is 35.9 Å². The molecule has 0 aliphatic rings. The van der Waals surface area contributed by atoms with E-state index in [0.717, 1.165) is 4.47 Å². The van der Waals surface area contributed by atoms with Gasteiger partial charge in [-0.2, -0.15) is 5.26 Å². The molecule has 0 aromatic heterocycles. The lowest BCUT2D eigenvalue weighted by Crippen LogP contribution is -2.12. The number of halogens is 4. The molecular formula is C15H7BrCl3NO. The van der Waals surface area contributed by atoms with Crippen LogP contribution in [0.2, 0.25) is 15.1 Å². The molecule has 2 aromatic rings. The van der Waals surface area contributed by atoms with Gasteiger partial charge in [0.05, 0.1) is 21.1 Å². The van der Waals surface area contributed by atoms with Gasteiger partial charge >= 0.3 is 0 Å². The molecule has 0 radical (unpaired) electrons. The van der Waals surface area contributed by atoms with E-state index in [1.54, 1.807) is 30.3 Å². The van der Waals surface area contributed by atoms with Gasteiger partial charge in [-0.1, -0.05) is 56.8 Å². The molecule has 0 spiro atoms. The van der Waals surface area contributed by atoms with Crippen molar-refractivity contribution in [3.05, 3.63) is 67.1 Å². The van der Waals surface area contributed by atoms with Gasteiger partial charge in [0.1, 0.15) is 5.92 Å². The highest BCUT2D eigenvalue weighted by Crippen LogP contribution is 2.30. The molecule has 2 aromatic carbocycles. The summed E-state index contributed by atoms with van der Waals surface area (Å²) in [6.45, 7) is 0. The Morgan fingerprint density at radius 3 is 2.33 bits per heavy atom. The maximum Gasteiger partial charge on any atom is 0.185 e. The van der Waals surface area contributed by atoms with Crippen LogP contribution in [0, 0.1) is 11.3 Å². The van der Waals surface area contributed by atoms with Crippen LogP contribution in [0.3, 0.4) is 0 Å². The van der Waals surface area contributed by atoms with Crippen molar-refractivity contribution < 1.29 is 4.79 Å². The van der Waals surface area contributed by atoms with Crippen LogP contribution >= 0.6 is 50.7 Å². The lowest BCUT2D eigenvalue weighted by Gasteiger charge is -2.11. The average molecular weight is 403 g/mol. The zero-order valence-corrected chi connectivity index (χ0v) is 14.3. The molecule has 0 fully saturated rings. The first-order valence-corrected chi connectivity index (χ1v) is 7.70. The Morgan fingerprint density at radius 2 is 1.76 bits per heavy atom. The van der Waals surface area contributed by atoms with Gasteiger partial charge in [0, 0.05) is 10.0 Å². The predicted octanol–water partition coefficient (Wildman–Crippen LogP) is 5.90. The van der Waals surface area contributed by atoms with Crippen LogP contribution in [0.1, 0.15) is 21.8 Å². The summed E-state index contributed by atoms with van der Waals surface area (Å²) in [6, 6.07) is 11.5. The van der Waals surface area contributed by atoms with E-state index in [2.05, 4.69) is 15.9 Å². The van der Waals surface area contributed by atoms with Crippen LogP contribution in [0.25, 0.3) is 0 Å². The van der Waals surface area contributed by atoms with Crippen molar-refractivity contribution in [3.8, 4) is 6.07 Å². The second-order valence-corrected chi connectivity index (χ2v) is 6.36. The van der Waals surface area contributed by atoms with Crippen molar-refractivity contribution in [2.24, 2.45) is 0 Å². The van der Waals surface area contributed by atoms with E-state index in [4.69, 9.17) is 34.8 Å². The summed E-state index contributed by atoms with van der Waals surface area (Å²) in [5.74, 6) is -1.37. The van der Waals surface area contributed by atoms with Crippen molar-refractivity contribution in [2.45, 2.75) is 5.92 Å². The Hall–Kier alpha value is -1.05. The number of hydrogen-bond donors (Lipinski definition) is 0. The highest BCUT2D eigenvalue weighted by Gasteiger charge is 2.24. The Bertz CT molecular complexity index is 755. The topological polar surface area (TPSA) is 40.9 Å². The number of rotatable bonds is 3. The summed E-state index contributed by atoms with van der Waals surface area (Å²) in [7, 11) is 0. The summed E-state index contributed by atoms with van der Waals surface area (Å²) in [5.41, 5.74) is 0.772. The largest absolute Gasteiger partial charge is 0.292 e. The molecule has 0 aliphatic carbocycles. The van der Waals surface area contributed by atoms with Crippen LogP contribution in [0.4, 0.5) is 0 Å². The minimum Gasteiger partial charge on any atom is -0.292 e. The van der Waals surface area contributed by atoms with Crippen molar-refractivity contribution in [1.82, 2.24) is 0 Å². The fraction of sp³-hybridized carbons (Fsp3) is 0.0667. The summed E-state index contributed by atoms with van der Waals surface area (Å²) in [5, 5.41) is 10.3. The van der Waals surface area contributed by atoms with E-state index in [0.29, 0.717) is 15.6 Å². The van der Waals surface area contributed by atoms with Crippen LogP contribution in [-0.2, 0) is 0 Å². The third-order valence-electron chi connectivity index (χ3n) is 2.86. The fourth-order valence-corrected chi connectivity index (χ4v) is 2.89. The summed E-state index contributed by atoms with van der Waals surface area (Å²) in [6.07, 6.45) is 0. The first-order chi connectivity index (χ1) is 9.93. The SMILES string of the molecule is N#CC(C(=O)c1ccc(Br)cc1Cl)c1ccc(Cl)c(Cl)c1. The molecule has 0 heterocycles. The number of nitriles is 1. The highest BCUT2D eigenvalue weighted by molar-refractivity contribution is 9.10. The van der Waals surface area contributed by atoms with E-state index >= 15 is 0 Å². The van der Waals surface area contributed by atoms with Crippen molar-refractivity contribution in [1.29, 1.82) is 5.26 Å². The minimum atomic E-state index is -0.988. The summed E-state index contributed by atoms with van der Waals surface area (Å²) in [4.78, 5) is 12.5. The zero-order valence-electron chi connectivity index (χ0n) is 10.4. The molecule has 0 saturated carbocycles. The standard InChI is InChI=1S/C15H7BrCl3NO/c16-9-2-3-10(13(18)6-9)15(21)11(7-20)8-1-4-12(17)14(19)5-8/h1-6,11H. The fourth-order valence-electron chi connectivity index (χ4n) is 1.82. The second kappa shape index (κ2) is 6.81. The molecular weight excluding hydrogens is 396 g/mol. The molecule has 0 aliphatic heterocycles. The molecule has 2 nitrogen and oxygen atoms in total. The first-order valence-electron chi connectivity index (χ1n) is 5.78. The Balaban J connectivity index is 2.43. The van der Waals surface area contributed by atoms with Gasteiger partial charge in [0.25, 0.3) is 0 Å². The molecule has 1 unspecified atom stereocenters.